The Morgan fingerprint density at radius 2 is 2.11 bits per heavy atom. The van der Waals surface area contributed by atoms with Crippen LogP contribution in [0.15, 0.2) is 0 Å². The Bertz CT molecular complexity index is 61.5. The van der Waals surface area contributed by atoms with E-state index in [1.807, 2.05) is 0 Å². The van der Waals surface area contributed by atoms with Crippen LogP contribution in [0.25, 0.3) is 0 Å². The number of aliphatic hydroxyl groups excluding tert-OH is 1. The van der Waals surface area contributed by atoms with Gasteiger partial charge in [0.05, 0.1) is 6.10 Å². The summed E-state index contributed by atoms with van der Waals surface area (Å²) in [5, 5.41) is 12.1. The highest BCUT2D eigenvalue weighted by Crippen LogP contribution is 2.05. The Morgan fingerprint density at radius 1 is 1.44 bits per heavy atom. The summed E-state index contributed by atoms with van der Waals surface area (Å²) in [6, 6.07) is 0.610. The van der Waals surface area contributed by atoms with E-state index in [2.05, 4.69) is 12.2 Å². The van der Waals surface area contributed by atoms with Gasteiger partial charge in [-0.25, -0.2) is 0 Å². The van der Waals surface area contributed by atoms with Gasteiger partial charge >= 0.3 is 0 Å². The lowest BCUT2D eigenvalue weighted by Gasteiger charge is -2.23. The van der Waals surface area contributed by atoms with Crippen LogP contribution in [0.2, 0.25) is 0 Å². The number of halogens is 1. The SMILES string of the molecule is CC1CC[C@@H](O)CN1.Cl. The number of hydrogen-bond acceptors (Lipinski definition) is 2. The van der Waals surface area contributed by atoms with Crippen molar-refractivity contribution in [1.29, 1.82) is 0 Å². The van der Waals surface area contributed by atoms with E-state index in [-0.39, 0.29) is 18.5 Å². The second-order valence-electron chi connectivity index (χ2n) is 2.54. The first-order valence-corrected chi connectivity index (χ1v) is 3.20. The van der Waals surface area contributed by atoms with Crippen molar-refractivity contribution >= 4 is 12.4 Å². The summed E-state index contributed by atoms with van der Waals surface area (Å²) < 4.78 is 0. The zero-order chi connectivity index (χ0) is 5.98. The second kappa shape index (κ2) is 4.09. The molecule has 1 saturated heterocycles. The fraction of sp³-hybridized carbons (Fsp3) is 1.00. The van der Waals surface area contributed by atoms with E-state index in [1.165, 1.54) is 0 Å². The average molecular weight is 152 g/mol. The van der Waals surface area contributed by atoms with Crippen molar-refractivity contribution < 1.29 is 5.11 Å². The van der Waals surface area contributed by atoms with Gasteiger partial charge in [-0.15, -0.1) is 12.4 Å². The Labute approximate surface area is 62.1 Å². The lowest BCUT2D eigenvalue weighted by molar-refractivity contribution is 0.129. The van der Waals surface area contributed by atoms with Crippen LogP contribution >= 0.6 is 12.4 Å². The smallest absolute Gasteiger partial charge is 0.0665 e. The summed E-state index contributed by atoms with van der Waals surface area (Å²) in [7, 11) is 0. The maximum atomic E-state index is 8.96. The van der Waals surface area contributed by atoms with Crippen LogP contribution in [0.1, 0.15) is 19.8 Å². The summed E-state index contributed by atoms with van der Waals surface area (Å²) in [6.45, 7) is 2.92. The van der Waals surface area contributed by atoms with Crippen molar-refractivity contribution in [2.24, 2.45) is 0 Å². The second-order valence-corrected chi connectivity index (χ2v) is 2.54. The Morgan fingerprint density at radius 3 is 2.44 bits per heavy atom. The highest BCUT2D eigenvalue weighted by atomic mass is 35.5. The van der Waals surface area contributed by atoms with Crippen molar-refractivity contribution in [2.75, 3.05) is 6.54 Å². The van der Waals surface area contributed by atoms with Crippen LogP contribution in [0.3, 0.4) is 0 Å². The summed E-state index contributed by atoms with van der Waals surface area (Å²) in [4.78, 5) is 0. The molecule has 1 fully saturated rings. The number of β-amino-alcohol motifs (C(OH)–C–C–N with tert-alkyl or cyclic N) is 1. The first-order chi connectivity index (χ1) is 3.79. The molecule has 9 heavy (non-hydrogen) atoms. The first-order valence-electron chi connectivity index (χ1n) is 3.20. The molecule has 56 valence electrons. The molecule has 0 amide bonds. The van der Waals surface area contributed by atoms with Crippen LogP contribution in [0.5, 0.6) is 0 Å². The summed E-state index contributed by atoms with van der Waals surface area (Å²) in [6.07, 6.45) is 1.99. The fourth-order valence-corrected chi connectivity index (χ4v) is 0.984. The zero-order valence-electron chi connectivity index (χ0n) is 5.63. The monoisotopic (exact) mass is 151 g/mol. The number of rotatable bonds is 0. The average Bonchev–Trinajstić information content (AvgIpc) is 1.77. The molecular formula is C6H14ClNO. The maximum Gasteiger partial charge on any atom is 0.0665 e. The van der Waals surface area contributed by atoms with Gasteiger partial charge in [0, 0.05) is 12.6 Å². The van der Waals surface area contributed by atoms with Gasteiger partial charge in [0.1, 0.15) is 0 Å². The molecule has 0 aromatic heterocycles. The van der Waals surface area contributed by atoms with E-state index in [1.54, 1.807) is 0 Å². The minimum atomic E-state index is -0.0915. The molecule has 1 rings (SSSR count). The van der Waals surface area contributed by atoms with Crippen LogP contribution in [-0.2, 0) is 0 Å². The standard InChI is InChI=1S/C6H13NO.ClH/c1-5-2-3-6(8)4-7-5;/h5-8H,2-4H2,1H3;1H/t5?,6-;/m1./s1. The molecule has 0 saturated carbocycles. The van der Waals surface area contributed by atoms with Crippen molar-refractivity contribution in [2.45, 2.75) is 31.9 Å². The molecule has 0 aromatic rings. The molecule has 2 nitrogen and oxygen atoms in total. The van der Waals surface area contributed by atoms with Crippen LogP contribution in [0, 0.1) is 0 Å². The van der Waals surface area contributed by atoms with Gasteiger partial charge in [0.25, 0.3) is 0 Å². The molecular weight excluding hydrogens is 138 g/mol. The zero-order valence-corrected chi connectivity index (χ0v) is 6.45. The van der Waals surface area contributed by atoms with Gasteiger partial charge in [0.2, 0.25) is 0 Å². The predicted octanol–water partition coefficient (Wildman–Crippen LogP) is 0.541. The van der Waals surface area contributed by atoms with Gasteiger partial charge in [-0.2, -0.15) is 0 Å². The summed E-state index contributed by atoms with van der Waals surface area (Å²) in [5.74, 6) is 0. The lowest BCUT2D eigenvalue weighted by Crippen LogP contribution is -2.39. The Kier molecular flexibility index (Phi) is 4.19. The van der Waals surface area contributed by atoms with Gasteiger partial charge < -0.3 is 10.4 Å². The Hall–Kier alpha value is 0.210. The number of piperidine rings is 1. The normalized spacial score (nSPS) is 35.3. The topological polar surface area (TPSA) is 32.3 Å². The maximum absolute atomic E-state index is 8.96. The van der Waals surface area contributed by atoms with Gasteiger partial charge in [-0.05, 0) is 19.8 Å². The first kappa shape index (κ1) is 9.21. The molecule has 1 aliphatic heterocycles. The molecule has 1 unspecified atom stereocenters. The van der Waals surface area contributed by atoms with Crippen molar-refractivity contribution in [3.63, 3.8) is 0 Å². The van der Waals surface area contributed by atoms with E-state index in [9.17, 15) is 0 Å². The molecule has 2 atom stereocenters. The molecule has 0 aliphatic carbocycles. The highest BCUT2D eigenvalue weighted by molar-refractivity contribution is 5.85. The van der Waals surface area contributed by atoms with Crippen LogP contribution in [0.4, 0.5) is 0 Å². The van der Waals surface area contributed by atoms with Crippen molar-refractivity contribution in [1.82, 2.24) is 5.32 Å². The largest absolute Gasteiger partial charge is 0.392 e. The van der Waals surface area contributed by atoms with Gasteiger partial charge in [0.15, 0.2) is 0 Å². The molecule has 0 radical (unpaired) electrons. The molecule has 1 heterocycles. The minimum Gasteiger partial charge on any atom is -0.392 e. The molecule has 0 spiro atoms. The summed E-state index contributed by atoms with van der Waals surface area (Å²) in [5.41, 5.74) is 0. The molecule has 3 heteroatoms. The lowest BCUT2D eigenvalue weighted by atomic mass is 10.0. The van der Waals surface area contributed by atoms with E-state index in [4.69, 9.17) is 5.11 Å². The minimum absolute atomic E-state index is 0. The predicted molar refractivity (Wildman–Crippen MR) is 40.0 cm³/mol. The van der Waals surface area contributed by atoms with Crippen molar-refractivity contribution in [3.8, 4) is 0 Å². The fourth-order valence-electron chi connectivity index (χ4n) is 0.984. The van der Waals surface area contributed by atoms with Crippen LogP contribution in [-0.4, -0.2) is 23.8 Å². The number of aliphatic hydroxyl groups is 1. The third-order valence-corrected chi connectivity index (χ3v) is 1.63. The summed E-state index contributed by atoms with van der Waals surface area (Å²) >= 11 is 0. The number of nitrogens with one attached hydrogen (secondary N) is 1. The van der Waals surface area contributed by atoms with Gasteiger partial charge in [-0.3, -0.25) is 0 Å². The van der Waals surface area contributed by atoms with E-state index in [0.29, 0.717) is 6.04 Å². The Balaban J connectivity index is 0.000000640. The molecule has 1 aliphatic rings. The van der Waals surface area contributed by atoms with E-state index in [0.717, 1.165) is 19.4 Å². The molecule has 0 bridgehead atoms. The quantitative estimate of drug-likeness (QED) is 0.530. The highest BCUT2D eigenvalue weighted by Gasteiger charge is 2.13. The van der Waals surface area contributed by atoms with E-state index >= 15 is 0 Å². The molecule has 2 N–H and O–H groups in total. The number of hydrogen-bond donors (Lipinski definition) is 2. The van der Waals surface area contributed by atoms with E-state index < -0.39 is 0 Å². The van der Waals surface area contributed by atoms with Crippen molar-refractivity contribution in [3.05, 3.63) is 0 Å². The molecule has 0 aromatic carbocycles. The third kappa shape index (κ3) is 3.04. The van der Waals surface area contributed by atoms with Crippen LogP contribution < -0.4 is 5.32 Å². The van der Waals surface area contributed by atoms with Gasteiger partial charge in [-0.1, -0.05) is 0 Å². The third-order valence-electron chi connectivity index (χ3n) is 1.63.